The summed E-state index contributed by atoms with van der Waals surface area (Å²) in [6.07, 6.45) is 0. The summed E-state index contributed by atoms with van der Waals surface area (Å²) in [5.74, 6) is 0.356. The molecule has 0 saturated carbocycles. The molecule has 8 heteroatoms. The van der Waals surface area contributed by atoms with Crippen LogP contribution < -0.4 is 9.46 Å². The maximum atomic E-state index is 12.7. The van der Waals surface area contributed by atoms with E-state index in [0.717, 1.165) is 0 Å². The Labute approximate surface area is 165 Å². The van der Waals surface area contributed by atoms with Crippen molar-refractivity contribution in [3.63, 3.8) is 0 Å². The van der Waals surface area contributed by atoms with Crippen molar-refractivity contribution in [2.75, 3.05) is 26.7 Å². The van der Waals surface area contributed by atoms with Gasteiger partial charge >= 0.3 is 0 Å². The molecule has 2 aromatic carbocycles. The first-order valence-electron chi connectivity index (χ1n) is 8.48. The predicted octanol–water partition coefficient (Wildman–Crippen LogP) is 3.10. The van der Waals surface area contributed by atoms with Gasteiger partial charge in [-0.3, -0.25) is 4.79 Å². The topological polar surface area (TPSA) is 75.7 Å². The van der Waals surface area contributed by atoms with Gasteiger partial charge in [0.25, 0.3) is 5.91 Å². The van der Waals surface area contributed by atoms with Gasteiger partial charge in [-0.15, -0.1) is 0 Å². The lowest BCUT2D eigenvalue weighted by Gasteiger charge is -2.19. The van der Waals surface area contributed by atoms with E-state index in [-0.39, 0.29) is 24.0 Å². The van der Waals surface area contributed by atoms with E-state index in [0.29, 0.717) is 28.4 Å². The molecule has 0 aliphatic rings. The molecule has 1 N–H and O–H groups in total. The summed E-state index contributed by atoms with van der Waals surface area (Å²) in [7, 11) is -1.98. The fourth-order valence-electron chi connectivity index (χ4n) is 2.44. The van der Waals surface area contributed by atoms with Gasteiger partial charge in [-0.2, -0.15) is 0 Å². The van der Waals surface area contributed by atoms with Crippen LogP contribution >= 0.6 is 11.6 Å². The number of ether oxygens (including phenoxy) is 1. The standard InChI is InChI=1S/C19H23ClN2O4S/c1-4-21-27(24,25)17-9-8-14(2)18(13-17)19(23)22(3)10-11-26-16-7-5-6-15(20)12-16/h5-9,12-13,21H,4,10-11H2,1-3H3. The van der Waals surface area contributed by atoms with Crippen molar-refractivity contribution in [3.05, 3.63) is 58.6 Å². The zero-order valence-corrected chi connectivity index (χ0v) is 17.1. The van der Waals surface area contributed by atoms with Crippen LogP contribution in [0, 0.1) is 6.92 Å². The maximum absolute atomic E-state index is 12.7. The van der Waals surface area contributed by atoms with E-state index in [2.05, 4.69) is 4.72 Å². The third-order valence-electron chi connectivity index (χ3n) is 3.92. The highest BCUT2D eigenvalue weighted by atomic mass is 35.5. The second-order valence-electron chi connectivity index (χ2n) is 6.01. The van der Waals surface area contributed by atoms with Gasteiger partial charge in [0, 0.05) is 24.2 Å². The molecule has 0 bridgehead atoms. The Hall–Kier alpha value is -2.09. The van der Waals surface area contributed by atoms with Crippen LogP contribution in [0.15, 0.2) is 47.4 Å². The first kappa shape index (κ1) is 21.2. The number of aryl methyl sites for hydroxylation is 1. The normalized spacial score (nSPS) is 11.3. The minimum absolute atomic E-state index is 0.0712. The Morgan fingerprint density at radius 2 is 1.96 bits per heavy atom. The molecule has 2 aromatic rings. The predicted molar refractivity (Wildman–Crippen MR) is 106 cm³/mol. The fourth-order valence-corrected chi connectivity index (χ4v) is 3.68. The van der Waals surface area contributed by atoms with Crippen molar-refractivity contribution in [2.45, 2.75) is 18.7 Å². The molecule has 27 heavy (non-hydrogen) atoms. The SMILES string of the molecule is CCNS(=O)(=O)c1ccc(C)c(C(=O)N(C)CCOc2cccc(Cl)c2)c1. The highest BCUT2D eigenvalue weighted by Crippen LogP contribution is 2.18. The van der Waals surface area contributed by atoms with Gasteiger partial charge in [0.05, 0.1) is 11.4 Å². The molecule has 0 aromatic heterocycles. The van der Waals surface area contributed by atoms with E-state index < -0.39 is 10.0 Å². The number of nitrogens with one attached hydrogen (secondary N) is 1. The number of likely N-dealkylation sites (N-methyl/N-ethyl adjacent to an activating group) is 1. The molecule has 146 valence electrons. The number of nitrogens with zero attached hydrogens (tertiary/aromatic N) is 1. The largest absolute Gasteiger partial charge is 0.492 e. The zero-order valence-electron chi connectivity index (χ0n) is 15.5. The Morgan fingerprint density at radius 3 is 2.63 bits per heavy atom. The van der Waals surface area contributed by atoms with E-state index in [1.165, 1.54) is 17.0 Å². The second-order valence-corrected chi connectivity index (χ2v) is 8.21. The molecular formula is C19H23ClN2O4S. The molecule has 0 heterocycles. The Kier molecular flexibility index (Phi) is 7.24. The quantitative estimate of drug-likeness (QED) is 0.725. The third-order valence-corrected chi connectivity index (χ3v) is 5.70. The van der Waals surface area contributed by atoms with Gasteiger partial charge in [0.15, 0.2) is 0 Å². The van der Waals surface area contributed by atoms with Crippen LogP contribution in [0.25, 0.3) is 0 Å². The Balaban J connectivity index is 2.07. The molecule has 0 aliphatic heterocycles. The maximum Gasteiger partial charge on any atom is 0.254 e. The smallest absolute Gasteiger partial charge is 0.254 e. The third kappa shape index (κ3) is 5.69. The van der Waals surface area contributed by atoms with Crippen molar-refractivity contribution in [2.24, 2.45) is 0 Å². The van der Waals surface area contributed by atoms with Crippen molar-refractivity contribution in [3.8, 4) is 5.75 Å². The number of benzene rings is 2. The molecule has 6 nitrogen and oxygen atoms in total. The Bertz CT molecular complexity index is 916. The molecule has 0 aliphatic carbocycles. The molecule has 0 radical (unpaired) electrons. The lowest BCUT2D eigenvalue weighted by atomic mass is 10.1. The number of hydrogen-bond acceptors (Lipinski definition) is 4. The first-order valence-corrected chi connectivity index (χ1v) is 10.3. The summed E-state index contributed by atoms with van der Waals surface area (Å²) in [4.78, 5) is 14.3. The fraction of sp³-hybridized carbons (Fsp3) is 0.316. The van der Waals surface area contributed by atoms with Crippen LogP contribution in [-0.2, 0) is 10.0 Å². The van der Waals surface area contributed by atoms with E-state index in [4.69, 9.17) is 16.3 Å². The molecule has 0 unspecified atom stereocenters. The first-order chi connectivity index (χ1) is 12.7. The van der Waals surface area contributed by atoms with Crippen LogP contribution in [0.1, 0.15) is 22.8 Å². The number of hydrogen-bond donors (Lipinski definition) is 1. The molecule has 0 fully saturated rings. The average Bonchev–Trinajstić information content (AvgIpc) is 2.61. The van der Waals surface area contributed by atoms with Gasteiger partial charge in [0.1, 0.15) is 12.4 Å². The van der Waals surface area contributed by atoms with E-state index in [1.54, 1.807) is 51.2 Å². The van der Waals surface area contributed by atoms with Crippen LogP contribution in [0.4, 0.5) is 0 Å². The highest BCUT2D eigenvalue weighted by Gasteiger charge is 2.19. The van der Waals surface area contributed by atoms with Crippen molar-refractivity contribution >= 4 is 27.5 Å². The molecule has 0 atom stereocenters. The number of halogens is 1. The molecular weight excluding hydrogens is 388 g/mol. The summed E-state index contributed by atoms with van der Waals surface area (Å²) in [5, 5.41) is 0.575. The van der Waals surface area contributed by atoms with Crippen LogP contribution in [0.3, 0.4) is 0 Å². The summed E-state index contributed by atoms with van der Waals surface area (Å²) in [6.45, 7) is 4.38. The van der Waals surface area contributed by atoms with Crippen LogP contribution in [-0.4, -0.2) is 46.0 Å². The lowest BCUT2D eigenvalue weighted by Crippen LogP contribution is -2.31. The van der Waals surface area contributed by atoms with Gasteiger partial charge in [-0.05, 0) is 42.8 Å². The minimum atomic E-state index is -3.62. The van der Waals surface area contributed by atoms with Crippen molar-refractivity contribution in [1.82, 2.24) is 9.62 Å². The minimum Gasteiger partial charge on any atom is -0.492 e. The van der Waals surface area contributed by atoms with Crippen molar-refractivity contribution in [1.29, 1.82) is 0 Å². The summed E-state index contributed by atoms with van der Waals surface area (Å²) in [5.41, 5.74) is 1.05. The average molecular weight is 411 g/mol. The van der Waals surface area contributed by atoms with Crippen LogP contribution in [0.5, 0.6) is 5.75 Å². The molecule has 0 spiro atoms. The number of sulfonamides is 1. The zero-order chi connectivity index (χ0) is 20.0. The summed E-state index contributed by atoms with van der Waals surface area (Å²) < 4.78 is 32.4. The second kappa shape index (κ2) is 9.21. The van der Waals surface area contributed by atoms with E-state index in [1.807, 2.05) is 0 Å². The monoisotopic (exact) mass is 410 g/mol. The number of carbonyl (C=O) groups excluding carboxylic acids is 1. The number of amides is 1. The van der Waals surface area contributed by atoms with Crippen LogP contribution in [0.2, 0.25) is 5.02 Å². The van der Waals surface area contributed by atoms with Gasteiger partial charge in [-0.25, -0.2) is 13.1 Å². The summed E-state index contributed by atoms with van der Waals surface area (Å²) >= 11 is 5.91. The Morgan fingerprint density at radius 1 is 1.22 bits per heavy atom. The highest BCUT2D eigenvalue weighted by molar-refractivity contribution is 7.89. The van der Waals surface area contributed by atoms with E-state index >= 15 is 0 Å². The summed E-state index contributed by atoms with van der Waals surface area (Å²) in [6, 6.07) is 11.5. The molecule has 1 amide bonds. The van der Waals surface area contributed by atoms with Gasteiger partial charge in [-0.1, -0.05) is 30.7 Å². The van der Waals surface area contributed by atoms with Crippen molar-refractivity contribution < 1.29 is 17.9 Å². The number of carbonyl (C=O) groups is 1. The lowest BCUT2D eigenvalue weighted by molar-refractivity contribution is 0.0773. The molecule has 2 rings (SSSR count). The van der Waals surface area contributed by atoms with Gasteiger partial charge < -0.3 is 9.64 Å². The van der Waals surface area contributed by atoms with E-state index in [9.17, 15) is 13.2 Å². The van der Waals surface area contributed by atoms with Gasteiger partial charge in [0.2, 0.25) is 10.0 Å². The molecule has 0 saturated heterocycles. The number of rotatable bonds is 8.